The monoisotopic (exact) mass is 377 g/mol. The Labute approximate surface area is 163 Å². The quantitative estimate of drug-likeness (QED) is 0.736. The van der Waals surface area contributed by atoms with Crippen LogP contribution in [0.1, 0.15) is 23.2 Å². The molecule has 1 aliphatic rings. The van der Waals surface area contributed by atoms with Crippen molar-refractivity contribution in [1.82, 2.24) is 19.7 Å². The van der Waals surface area contributed by atoms with Gasteiger partial charge in [-0.05, 0) is 31.0 Å². The summed E-state index contributed by atoms with van der Waals surface area (Å²) < 4.78 is 1.56. The van der Waals surface area contributed by atoms with Gasteiger partial charge in [0.1, 0.15) is 0 Å². The van der Waals surface area contributed by atoms with Crippen molar-refractivity contribution in [2.24, 2.45) is 0 Å². The molecular formula is C20H23N7O. The molecule has 144 valence electrons. The van der Waals surface area contributed by atoms with Crippen LogP contribution in [0, 0.1) is 0 Å². The largest absolute Gasteiger partial charge is 0.378 e. The van der Waals surface area contributed by atoms with E-state index in [0.717, 1.165) is 24.5 Å². The van der Waals surface area contributed by atoms with Crippen LogP contribution in [-0.4, -0.2) is 52.8 Å². The third kappa shape index (κ3) is 3.80. The molecule has 0 spiro atoms. The van der Waals surface area contributed by atoms with Crippen LogP contribution >= 0.6 is 0 Å². The van der Waals surface area contributed by atoms with Crippen molar-refractivity contribution < 1.29 is 4.79 Å². The average molecular weight is 377 g/mol. The zero-order valence-corrected chi connectivity index (χ0v) is 16.0. The van der Waals surface area contributed by atoms with E-state index < -0.39 is 0 Å². The topological polar surface area (TPSA) is 79.2 Å². The Balaban J connectivity index is 1.45. The SMILES string of the molecule is CN(C)c1cccc(C(=O)Nc2cnn(-c3ncc(N4CCCC4)cn3)c2)c1. The molecule has 1 aromatic carbocycles. The zero-order chi connectivity index (χ0) is 19.5. The number of benzene rings is 1. The summed E-state index contributed by atoms with van der Waals surface area (Å²) >= 11 is 0. The van der Waals surface area contributed by atoms with Crippen molar-refractivity contribution in [2.75, 3.05) is 42.3 Å². The first-order valence-electron chi connectivity index (χ1n) is 9.31. The summed E-state index contributed by atoms with van der Waals surface area (Å²) in [5.74, 6) is 0.284. The van der Waals surface area contributed by atoms with E-state index in [-0.39, 0.29) is 5.91 Å². The van der Waals surface area contributed by atoms with Crippen LogP contribution in [-0.2, 0) is 0 Å². The van der Waals surface area contributed by atoms with Gasteiger partial charge in [0.05, 0.1) is 36.2 Å². The predicted molar refractivity (Wildman–Crippen MR) is 109 cm³/mol. The first-order valence-corrected chi connectivity index (χ1v) is 9.31. The second-order valence-electron chi connectivity index (χ2n) is 7.01. The van der Waals surface area contributed by atoms with E-state index in [1.54, 1.807) is 23.1 Å². The molecule has 0 saturated carbocycles. The van der Waals surface area contributed by atoms with Gasteiger partial charge < -0.3 is 15.1 Å². The Morgan fingerprint density at radius 3 is 2.57 bits per heavy atom. The van der Waals surface area contributed by atoms with Crippen LogP contribution in [0.2, 0.25) is 0 Å². The van der Waals surface area contributed by atoms with E-state index >= 15 is 0 Å². The first kappa shape index (κ1) is 18.0. The van der Waals surface area contributed by atoms with Gasteiger partial charge in [-0.25, -0.2) is 14.6 Å². The summed E-state index contributed by atoms with van der Waals surface area (Å²) in [6.07, 6.45) is 9.35. The number of aromatic nitrogens is 4. The fourth-order valence-electron chi connectivity index (χ4n) is 3.20. The van der Waals surface area contributed by atoms with Crippen molar-refractivity contribution in [3.05, 3.63) is 54.6 Å². The fourth-order valence-corrected chi connectivity index (χ4v) is 3.20. The third-order valence-electron chi connectivity index (χ3n) is 4.77. The van der Waals surface area contributed by atoms with Gasteiger partial charge in [-0.3, -0.25) is 4.79 Å². The maximum absolute atomic E-state index is 12.5. The Morgan fingerprint density at radius 2 is 1.86 bits per heavy atom. The number of hydrogen-bond donors (Lipinski definition) is 1. The van der Waals surface area contributed by atoms with E-state index in [1.165, 1.54) is 12.8 Å². The van der Waals surface area contributed by atoms with E-state index in [0.29, 0.717) is 17.2 Å². The second-order valence-corrected chi connectivity index (χ2v) is 7.01. The number of amides is 1. The van der Waals surface area contributed by atoms with Crippen LogP contribution in [0.4, 0.5) is 17.1 Å². The minimum absolute atomic E-state index is 0.187. The lowest BCUT2D eigenvalue weighted by molar-refractivity contribution is 0.102. The molecule has 3 aromatic rings. The van der Waals surface area contributed by atoms with Crippen LogP contribution in [0.25, 0.3) is 5.95 Å². The minimum atomic E-state index is -0.187. The number of carbonyl (C=O) groups is 1. The molecule has 1 saturated heterocycles. The third-order valence-corrected chi connectivity index (χ3v) is 4.77. The molecule has 8 heteroatoms. The Bertz CT molecular complexity index is 959. The molecule has 2 aromatic heterocycles. The fraction of sp³-hybridized carbons (Fsp3) is 0.300. The molecule has 8 nitrogen and oxygen atoms in total. The summed E-state index contributed by atoms with van der Waals surface area (Å²) in [7, 11) is 3.88. The average Bonchev–Trinajstić information content (AvgIpc) is 3.40. The molecule has 1 aliphatic heterocycles. The van der Waals surface area contributed by atoms with Gasteiger partial charge in [0.2, 0.25) is 0 Å². The number of rotatable bonds is 5. The Morgan fingerprint density at radius 1 is 1.11 bits per heavy atom. The molecule has 4 rings (SSSR count). The van der Waals surface area contributed by atoms with Crippen molar-refractivity contribution in [2.45, 2.75) is 12.8 Å². The normalized spacial score (nSPS) is 13.6. The molecule has 0 aliphatic carbocycles. The summed E-state index contributed by atoms with van der Waals surface area (Å²) in [5, 5.41) is 7.13. The van der Waals surface area contributed by atoms with Crippen molar-refractivity contribution in [1.29, 1.82) is 0 Å². The molecule has 0 radical (unpaired) electrons. The van der Waals surface area contributed by atoms with Gasteiger partial charge in [0, 0.05) is 38.4 Å². The molecule has 0 atom stereocenters. The highest BCUT2D eigenvalue weighted by molar-refractivity contribution is 6.04. The van der Waals surface area contributed by atoms with Gasteiger partial charge in [-0.15, -0.1) is 0 Å². The summed E-state index contributed by atoms with van der Waals surface area (Å²) in [6, 6.07) is 7.45. The highest BCUT2D eigenvalue weighted by Crippen LogP contribution is 2.19. The Kier molecular flexibility index (Phi) is 4.92. The van der Waals surface area contributed by atoms with E-state index in [9.17, 15) is 4.79 Å². The summed E-state index contributed by atoms with van der Waals surface area (Å²) in [5.41, 5.74) is 3.18. The van der Waals surface area contributed by atoms with Crippen molar-refractivity contribution >= 4 is 23.0 Å². The smallest absolute Gasteiger partial charge is 0.255 e. The highest BCUT2D eigenvalue weighted by atomic mass is 16.1. The first-order chi connectivity index (χ1) is 13.6. The summed E-state index contributed by atoms with van der Waals surface area (Å²) in [6.45, 7) is 2.10. The van der Waals surface area contributed by atoms with Gasteiger partial charge in [-0.2, -0.15) is 5.10 Å². The summed E-state index contributed by atoms with van der Waals surface area (Å²) in [4.78, 5) is 25.6. The molecule has 28 heavy (non-hydrogen) atoms. The molecular weight excluding hydrogens is 354 g/mol. The van der Waals surface area contributed by atoms with Gasteiger partial charge >= 0.3 is 0 Å². The number of anilines is 3. The number of carbonyl (C=O) groups excluding carboxylic acids is 1. The maximum atomic E-state index is 12.5. The number of hydrogen-bond acceptors (Lipinski definition) is 6. The molecule has 3 heterocycles. The van der Waals surface area contributed by atoms with Gasteiger partial charge in [-0.1, -0.05) is 6.07 Å². The lowest BCUT2D eigenvalue weighted by atomic mass is 10.2. The molecule has 1 amide bonds. The van der Waals surface area contributed by atoms with E-state index in [1.807, 2.05) is 49.6 Å². The Hall–Kier alpha value is -3.42. The number of nitrogens with one attached hydrogen (secondary N) is 1. The lowest BCUT2D eigenvalue weighted by Gasteiger charge is -2.16. The van der Waals surface area contributed by atoms with Crippen LogP contribution in [0.3, 0.4) is 0 Å². The van der Waals surface area contributed by atoms with Gasteiger partial charge in [0.15, 0.2) is 0 Å². The molecule has 0 unspecified atom stereocenters. The maximum Gasteiger partial charge on any atom is 0.255 e. The van der Waals surface area contributed by atoms with Crippen LogP contribution < -0.4 is 15.1 Å². The van der Waals surface area contributed by atoms with Crippen LogP contribution in [0.5, 0.6) is 0 Å². The molecule has 0 bridgehead atoms. The second kappa shape index (κ2) is 7.67. The molecule has 1 N–H and O–H groups in total. The predicted octanol–water partition coefficient (Wildman–Crippen LogP) is 2.58. The minimum Gasteiger partial charge on any atom is -0.378 e. The zero-order valence-electron chi connectivity index (χ0n) is 16.0. The molecule has 1 fully saturated rings. The van der Waals surface area contributed by atoms with Crippen molar-refractivity contribution in [3.63, 3.8) is 0 Å². The number of nitrogens with zero attached hydrogens (tertiary/aromatic N) is 6. The van der Waals surface area contributed by atoms with E-state index in [2.05, 4.69) is 25.3 Å². The highest BCUT2D eigenvalue weighted by Gasteiger charge is 2.14. The van der Waals surface area contributed by atoms with Crippen molar-refractivity contribution in [3.8, 4) is 5.95 Å². The van der Waals surface area contributed by atoms with E-state index in [4.69, 9.17) is 0 Å². The lowest BCUT2D eigenvalue weighted by Crippen LogP contribution is -2.18. The standard InChI is InChI=1S/C20H23N7O/c1-25(2)17-7-5-6-15(10-17)19(28)24-16-11-23-27(14-16)20-21-12-18(13-22-20)26-8-3-4-9-26/h5-7,10-14H,3-4,8-9H2,1-2H3,(H,24,28). The van der Waals surface area contributed by atoms with Crippen LogP contribution in [0.15, 0.2) is 49.1 Å². The van der Waals surface area contributed by atoms with Gasteiger partial charge in [0.25, 0.3) is 11.9 Å².